The molecule has 3 amide bonds. The number of nitrogens with zero attached hydrogens (tertiary/aromatic N) is 2. The lowest BCUT2D eigenvalue weighted by molar-refractivity contribution is -0.141. The highest BCUT2D eigenvalue weighted by molar-refractivity contribution is 6.09. The van der Waals surface area contributed by atoms with Crippen molar-refractivity contribution in [2.75, 3.05) is 13.6 Å². The van der Waals surface area contributed by atoms with E-state index >= 15 is 0 Å². The number of imide groups is 1. The Morgan fingerprint density at radius 3 is 2.50 bits per heavy atom. The zero-order valence-corrected chi connectivity index (χ0v) is 12.7. The van der Waals surface area contributed by atoms with Crippen molar-refractivity contribution in [3.05, 3.63) is 0 Å². The van der Waals surface area contributed by atoms with Gasteiger partial charge in [0.25, 0.3) is 0 Å². The van der Waals surface area contributed by atoms with Gasteiger partial charge in [-0.25, -0.2) is 0 Å². The second-order valence-electron chi connectivity index (χ2n) is 5.92. The van der Waals surface area contributed by atoms with E-state index in [4.69, 9.17) is 17.2 Å². The third-order valence-corrected chi connectivity index (χ3v) is 4.59. The molecule has 0 aliphatic carbocycles. The number of carbonyl (C=O) groups is 3. The van der Waals surface area contributed by atoms with Crippen LogP contribution in [0.1, 0.15) is 19.8 Å². The fraction of sp³-hybridized carbons (Fsp3) is 0.692. The molecular formula is C13H22N6O3. The lowest BCUT2D eigenvalue weighted by atomic mass is 9.77. The predicted molar refractivity (Wildman–Crippen MR) is 79.2 cm³/mol. The molecule has 7 N–H and O–H groups in total. The Morgan fingerprint density at radius 2 is 1.95 bits per heavy atom. The molecule has 22 heavy (non-hydrogen) atoms. The molecule has 0 aromatic heterocycles. The van der Waals surface area contributed by atoms with Gasteiger partial charge in [-0.1, -0.05) is 0 Å². The number of carbonyl (C=O) groups excluding carboxylic acids is 3. The molecule has 9 nitrogen and oxygen atoms in total. The van der Waals surface area contributed by atoms with E-state index in [0.717, 1.165) is 4.90 Å². The predicted octanol–water partition coefficient (Wildman–Crippen LogP) is -2.51. The van der Waals surface area contributed by atoms with Crippen LogP contribution < -0.4 is 22.5 Å². The number of rotatable bonds is 5. The van der Waals surface area contributed by atoms with Crippen LogP contribution in [0.4, 0.5) is 0 Å². The molecule has 2 heterocycles. The average molecular weight is 310 g/mol. The summed E-state index contributed by atoms with van der Waals surface area (Å²) in [5, 5.41) is 3.08. The highest BCUT2D eigenvalue weighted by Gasteiger charge is 2.65. The van der Waals surface area contributed by atoms with Crippen LogP contribution in [-0.2, 0) is 14.4 Å². The highest BCUT2D eigenvalue weighted by Crippen LogP contribution is 2.44. The molecule has 0 aromatic rings. The third-order valence-electron chi connectivity index (χ3n) is 4.59. The molecule has 0 bridgehead atoms. The summed E-state index contributed by atoms with van der Waals surface area (Å²) in [5.74, 6) is -2.64. The summed E-state index contributed by atoms with van der Waals surface area (Å²) in [6.07, 6.45) is 0.756. The van der Waals surface area contributed by atoms with E-state index in [9.17, 15) is 14.4 Å². The Morgan fingerprint density at radius 1 is 1.32 bits per heavy atom. The van der Waals surface area contributed by atoms with E-state index in [0.29, 0.717) is 13.0 Å². The standard InChI is InChI=1S/C13H22N6O3/c1-6-7-8(10(21)19(2)9(7)20)13(18-6,11(14)22)4-3-5-17-12(15)16/h6-8,18H,3-5H2,1-2H3,(H2,14,22)(H4,15,16,17). The van der Waals surface area contributed by atoms with Gasteiger partial charge in [0.05, 0.1) is 11.8 Å². The Hall–Kier alpha value is -2.16. The molecule has 2 fully saturated rings. The van der Waals surface area contributed by atoms with E-state index in [1.165, 1.54) is 7.05 Å². The maximum absolute atomic E-state index is 12.4. The second kappa shape index (κ2) is 5.56. The van der Waals surface area contributed by atoms with E-state index in [1.807, 2.05) is 0 Å². The topological polar surface area (TPSA) is 157 Å². The third kappa shape index (κ3) is 2.31. The zero-order chi connectivity index (χ0) is 16.7. The van der Waals surface area contributed by atoms with Gasteiger partial charge in [-0.3, -0.25) is 29.6 Å². The average Bonchev–Trinajstić information content (AvgIpc) is 2.85. The van der Waals surface area contributed by atoms with Crippen molar-refractivity contribution in [1.82, 2.24) is 10.2 Å². The molecule has 0 spiro atoms. The maximum Gasteiger partial charge on any atom is 0.238 e. The molecule has 0 radical (unpaired) electrons. The van der Waals surface area contributed by atoms with Gasteiger partial charge >= 0.3 is 0 Å². The minimum atomic E-state index is -1.24. The van der Waals surface area contributed by atoms with Crippen molar-refractivity contribution in [1.29, 1.82) is 0 Å². The summed E-state index contributed by atoms with van der Waals surface area (Å²) in [6, 6.07) is -0.304. The Balaban J connectivity index is 2.27. The molecule has 4 unspecified atom stereocenters. The monoisotopic (exact) mass is 310 g/mol. The number of amides is 3. The van der Waals surface area contributed by atoms with Crippen LogP contribution in [0.15, 0.2) is 4.99 Å². The normalized spacial score (nSPS) is 33.9. The van der Waals surface area contributed by atoms with Crippen molar-refractivity contribution in [2.24, 2.45) is 34.0 Å². The van der Waals surface area contributed by atoms with E-state index in [2.05, 4.69) is 10.3 Å². The number of likely N-dealkylation sites (tertiary alicyclic amines) is 1. The summed E-state index contributed by atoms with van der Waals surface area (Å²) < 4.78 is 0. The fourth-order valence-electron chi connectivity index (χ4n) is 3.58. The fourth-order valence-corrected chi connectivity index (χ4v) is 3.58. The van der Waals surface area contributed by atoms with E-state index < -0.39 is 23.3 Å². The molecule has 0 aromatic carbocycles. The first-order valence-corrected chi connectivity index (χ1v) is 7.16. The summed E-state index contributed by atoms with van der Waals surface area (Å²) in [6.45, 7) is 2.10. The molecule has 122 valence electrons. The van der Waals surface area contributed by atoms with Crippen LogP contribution in [-0.4, -0.2) is 53.8 Å². The first-order valence-electron chi connectivity index (χ1n) is 7.16. The van der Waals surface area contributed by atoms with E-state index in [-0.39, 0.29) is 30.2 Å². The molecule has 2 aliphatic heterocycles. The number of nitrogens with two attached hydrogens (primary N) is 3. The maximum atomic E-state index is 12.4. The van der Waals surface area contributed by atoms with Gasteiger partial charge in [0.1, 0.15) is 5.54 Å². The number of aliphatic imine (C=N–C) groups is 1. The molecule has 2 rings (SSSR count). The molecule has 0 saturated carbocycles. The summed E-state index contributed by atoms with van der Waals surface area (Å²) in [5.41, 5.74) is 14.9. The number of nitrogens with one attached hydrogen (secondary N) is 1. The van der Waals surface area contributed by atoms with Crippen LogP contribution in [0.2, 0.25) is 0 Å². The van der Waals surface area contributed by atoms with Gasteiger partial charge in [0.15, 0.2) is 5.96 Å². The molecule has 2 saturated heterocycles. The van der Waals surface area contributed by atoms with Crippen LogP contribution >= 0.6 is 0 Å². The lowest BCUT2D eigenvalue weighted by Crippen LogP contribution is -2.59. The first-order chi connectivity index (χ1) is 10.2. The van der Waals surface area contributed by atoms with Crippen molar-refractivity contribution < 1.29 is 14.4 Å². The lowest BCUT2D eigenvalue weighted by Gasteiger charge is -2.31. The Labute approximate surface area is 128 Å². The smallest absolute Gasteiger partial charge is 0.238 e. The van der Waals surface area contributed by atoms with Gasteiger partial charge in [0.2, 0.25) is 17.7 Å². The highest BCUT2D eigenvalue weighted by atomic mass is 16.2. The quantitative estimate of drug-likeness (QED) is 0.190. The SMILES string of the molecule is CC1NC(CCCN=C(N)N)(C(N)=O)C2C(=O)N(C)C(=O)C12. The molecule has 9 heteroatoms. The number of guanidine groups is 1. The van der Waals surface area contributed by atoms with Crippen LogP contribution in [0.5, 0.6) is 0 Å². The zero-order valence-electron chi connectivity index (χ0n) is 12.7. The van der Waals surface area contributed by atoms with Crippen molar-refractivity contribution in [2.45, 2.75) is 31.3 Å². The summed E-state index contributed by atoms with van der Waals surface area (Å²) in [4.78, 5) is 41.6. The Kier molecular flexibility index (Phi) is 4.10. The second-order valence-corrected chi connectivity index (χ2v) is 5.92. The number of primary amides is 1. The molecule has 2 aliphatic rings. The van der Waals surface area contributed by atoms with Crippen LogP contribution in [0.3, 0.4) is 0 Å². The Bertz CT molecular complexity index is 544. The van der Waals surface area contributed by atoms with Gasteiger partial charge in [-0.05, 0) is 19.8 Å². The first kappa shape index (κ1) is 16.2. The van der Waals surface area contributed by atoms with Gasteiger partial charge < -0.3 is 17.2 Å². The van der Waals surface area contributed by atoms with Gasteiger partial charge in [0, 0.05) is 19.6 Å². The van der Waals surface area contributed by atoms with Crippen LogP contribution in [0, 0.1) is 11.8 Å². The van der Waals surface area contributed by atoms with Gasteiger partial charge in [-0.15, -0.1) is 0 Å². The van der Waals surface area contributed by atoms with Crippen molar-refractivity contribution in [3.8, 4) is 0 Å². The van der Waals surface area contributed by atoms with Crippen molar-refractivity contribution >= 4 is 23.7 Å². The summed E-state index contributed by atoms with van der Waals surface area (Å²) in [7, 11) is 1.43. The molecular weight excluding hydrogens is 288 g/mol. The summed E-state index contributed by atoms with van der Waals surface area (Å²) >= 11 is 0. The van der Waals surface area contributed by atoms with Gasteiger partial charge in [-0.2, -0.15) is 0 Å². The minimum absolute atomic E-state index is 0.0365. The number of hydrogen-bond acceptors (Lipinski definition) is 5. The van der Waals surface area contributed by atoms with Crippen LogP contribution in [0.25, 0.3) is 0 Å². The molecule has 4 atom stereocenters. The minimum Gasteiger partial charge on any atom is -0.370 e. The number of fused-ring (bicyclic) bond motifs is 1. The largest absolute Gasteiger partial charge is 0.370 e. The number of hydrogen-bond donors (Lipinski definition) is 4. The van der Waals surface area contributed by atoms with E-state index in [1.54, 1.807) is 6.92 Å². The van der Waals surface area contributed by atoms with Crippen molar-refractivity contribution in [3.63, 3.8) is 0 Å².